The summed E-state index contributed by atoms with van der Waals surface area (Å²) >= 11 is 0. The minimum absolute atomic E-state index is 0.119. The van der Waals surface area contributed by atoms with Gasteiger partial charge in [-0.3, -0.25) is 0 Å². The molecule has 30 heavy (non-hydrogen) atoms. The molecule has 0 aromatic carbocycles. The lowest BCUT2D eigenvalue weighted by Gasteiger charge is -2.23. The zero-order valence-corrected chi connectivity index (χ0v) is 17.0. The summed E-state index contributed by atoms with van der Waals surface area (Å²) in [5, 5.41) is 3.98. The molecule has 4 heterocycles. The maximum absolute atomic E-state index is 13.7. The number of hydrogen-bond donors (Lipinski definition) is 0. The number of halogens is 3. The van der Waals surface area contributed by atoms with E-state index in [4.69, 9.17) is 4.74 Å². The monoisotopic (exact) mass is 441 g/mol. The Bertz CT molecular complexity index is 1220. The molecule has 1 saturated heterocycles. The van der Waals surface area contributed by atoms with Crippen molar-refractivity contribution in [2.24, 2.45) is 0 Å². The van der Waals surface area contributed by atoms with Gasteiger partial charge < -0.3 is 4.74 Å². The maximum Gasteiger partial charge on any atom is 0.420 e. The lowest BCUT2D eigenvalue weighted by atomic mass is 10.1. The second kappa shape index (κ2) is 7.27. The third-order valence-electron chi connectivity index (χ3n) is 4.75. The number of ether oxygens (including phenoxy) is 1. The second-order valence-corrected chi connectivity index (χ2v) is 9.03. The van der Waals surface area contributed by atoms with Crippen LogP contribution in [0.15, 0.2) is 23.5 Å². The molecule has 8 nitrogen and oxygen atoms in total. The van der Waals surface area contributed by atoms with Crippen LogP contribution < -0.4 is 0 Å². The number of hydrogen-bond acceptors (Lipinski definition) is 7. The number of fused-ring (bicyclic) bond motifs is 1. The smallest absolute Gasteiger partial charge is 0.356 e. The first-order valence-electron chi connectivity index (χ1n) is 9.18. The van der Waals surface area contributed by atoms with Crippen molar-refractivity contribution in [2.75, 3.05) is 12.9 Å². The highest BCUT2D eigenvalue weighted by Gasteiger charge is 2.38. The van der Waals surface area contributed by atoms with Gasteiger partial charge in [0.2, 0.25) is 15.0 Å². The van der Waals surface area contributed by atoms with E-state index < -0.39 is 38.7 Å². The van der Waals surface area contributed by atoms with Crippen LogP contribution in [0, 0.1) is 6.92 Å². The second-order valence-electron chi connectivity index (χ2n) is 7.12. The van der Waals surface area contributed by atoms with E-state index in [1.54, 1.807) is 19.1 Å². The molecule has 3 aromatic heterocycles. The van der Waals surface area contributed by atoms with Crippen molar-refractivity contribution in [3.8, 4) is 11.4 Å². The summed E-state index contributed by atoms with van der Waals surface area (Å²) in [6, 6.07) is 3.24. The average molecular weight is 441 g/mol. The van der Waals surface area contributed by atoms with Crippen LogP contribution in [0.2, 0.25) is 0 Å². The predicted molar refractivity (Wildman–Crippen MR) is 100 cm³/mol. The fourth-order valence-electron chi connectivity index (χ4n) is 3.34. The minimum Gasteiger partial charge on any atom is -0.356 e. The van der Waals surface area contributed by atoms with E-state index in [2.05, 4.69) is 20.1 Å². The molecular weight excluding hydrogens is 423 g/mol. The van der Waals surface area contributed by atoms with Gasteiger partial charge in [0.05, 0.1) is 0 Å². The van der Waals surface area contributed by atoms with Gasteiger partial charge >= 0.3 is 6.18 Å². The number of pyridine rings is 1. The third-order valence-corrected chi connectivity index (χ3v) is 5.61. The first-order valence-corrected chi connectivity index (χ1v) is 11.1. The Balaban J connectivity index is 2.01. The summed E-state index contributed by atoms with van der Waals surface area (Å²) < 4.78 is 72.0. The largest absolute Gasteiger partial charge is 0.420 e. The van der Waals surface area contributed by atoms with Crippen molar-refractivity contribution in [3.05, 3.63) is 29.6 Å². The molecule has 12 heteroatoms. The van der Waals surface area contributed by atoms with E-state index >= 15 is 0 Å². The molecule has 0 amide bonds. The van der Waals surface area contributed by atoms with Crippen molar-refractivity contribution in [2.45, 2.75) is 43.7 Å². The highest BCUT2D eigenvalue weighted by molar-refractivity contribution is 7.90. The van der Waals surface area contributed by atoms with Crippen molar-refractivity contribution < 1.29 is 26.3 Å². The molecule has 1 atom stereocenters. The third kappa shape index (κ3) is 3.76. The fraction of sp³-hybridized carbons (Fsp3) is 0.444. The Morgan fingerprint density at radius 2 is 1.93 bits per heavy atom. The molecule has 0 radical (unpaired) electrons. The summed E-state index contributed by atoms with van der Waals surface area (Å²) in [7, 11) is -3.93. The van der Waals surface area contributed by atoms with Gasteiger partial charge in [0.15, 0.2) is 11.9 Å². The summed E-state index contributed by atoms with van der Waals surface area (Å²) in [5.41, 5.74) is -0.896. The normalized spacial score (nSPS) is 18.1. The van der Waals surface area contributed by atoms with Crippen molar-refractivity contribution >= 4 is 20.9 Å². The van der Waals surface area contributed by atoms with Crippen LogP contribution in [0.4, 0.5) is 13.2 Å². The van der Waals surface area contributed by atoms with Gasteiger partial charge in [-0.2, -0.15) is 18.3 Å². The topological polar surface area (TPSA) is 99.9 Å². The number of sulfone groups is 1. The molecule has 0 aliphatic carbocycles. The average Bonchev–Trinajstić information content (AvgIpc) is 3.05. The molecule has 0 spiro atoms. The molecule has 1 fully saturated rings. The molecular formula is C18H18F3N5O3S. The maximum atomic E-state index is 13.7. The quantitative estimate of drug-likeness (QED) is 0.575. The standard InChI is InChI=1S/C18H18F3N5O3S/c1-10-6-7-11-14(25-26(16(11)23-10)13-5-3-4-8-29-13)15-12(18(19,20)21)9-22-17(24-15)30(2,27)28/h6-7,9,13H,3-5,8H2,1-2H3. The Kier molecular flexibility index (Phi) is 5.01. The van der Waals surface area contributed by atoms with E-state index in [1.165, 1.54) is 4.68 Å². The highest BCUT2D eigenvalue weighted by Crippen LogP contribution is 2.39. The first-order chi connectivity index (χ1) is 14.1. The molecule has 0 saturated carbocycles. The molecule has 4 rings (SSSR count). The summed E-state index contributed by atoms with van der Waals surface area (Å²) in [6.45, 7) is 2.26. The first kappa shape index (κ1) is 20.7. The molecule has 1 unspecified atom stereocenters. The van der Waals surface area contributed by atoms with E-state index in [0.717, 1.165) is 19.1 Å². The zero-order valence-electron chi connectivity index (χ0n) is 16.1. The van der Waals surface area contributed by atoms with E-state index in [-0.39, 0.29) is 5.69 Å². The van der Waals surface area contributed by atoms with Gasteiger partial charge in [0.25, 0.3) is 0 Å². The van der Waals surface area contributed by atoms with Crippen LogP contribution in [-0.2, 0) is 20.8 Å². The van der Waals surface area contributed by atoms with Crippen molar-refractivity contribution in [1.82, 2.24) is 24.7 Å². The van der Waals surface area contributed by atoms with Gasteiger partial charge in [-0.05, 0) is 38.3 Å². The van der Waals surface area contributed by atoms with Crippen LogP contribution in [-0.4, -0.2) is 46.0 Å². The Morgan fingerprint density at radius 1 is 1.17 bits per heavy atom. The van der Waals surface area contributed by atoms with E-state index in [9.17, 15) is 21.6 Å². The van der Waals surface area contributed by atoms with Crippen molar-refractivity contribution in [1.29, 1.82) is 0 Å². The zero-order chi connectivity index (χ0) is 21.7. The molecule has 1 aliphatic rings. The highest BCUT2D eigenvalue weighted by atomic mass is 32.2. The minimum atomic E-state index is -4.80. The van der Waals surface area contributed by atoms with Gasteiger partial charge in [0, 0.05) is 30.1 Å². The Labute approximate surface area is 170 Å². The molecule has 3 aromatic rings. The van der Waals surface area contributed by atoms with Crippen LogP contribution in [0.1, 0.15) is 36.7 Å². The van der Waals surface area contributed by atoms with Crippen LogP contribution in [0.5, 0.6) is 0 Å². The number of rotatable bonds is 3. The summed E-state index contributed by atoms with van der Waals surface area (Å²) in [6.07, 6.45) is -1.57. The number of aryl methyl sites for hydroxylation is 1. The number of aromatic nitrogens is 5. The summed E-state index contributed by atoms with van der Waals surface area (Å²) in [5.74, 6) is 0. The van der Waals surface area contributed by atoms with Gasteiger partial charge in [-0.25, -0.2) is 28.1 Å². The van der Waals surface area contributed by atoms with E-state index in [1.807, 2.05) is 0 Å². The van der Waals surface area contributed by atoms with Gasteiger partial charge in [-0.15, -0.1) is 0 Å². The van der Waals surface area contributed by atoms with Crippen LogP contribution in [0.3, 0.4) is 0 Å². The lowest BCUT2D eigenvalue weighted by Crippen LogP contribution is -2.19. The molecule has 0 bridgehead atoms. The van der Waals surface area contributed by atoms with Gasteiger partial charge in [0.1, 0.15) is 17.0 Å². The Hall–Kier alpha value is -2.60. The van der Waals surface area contributed by atoms with Crippen molar-refractivity contribution in [3.63, 3.8) is 0 Å². The number of nitrogens with zero attached hydrogens (tertiary/aromatic N) is 5. The number of alkyl halides is 3. The lowest BCUT2D eigenvalue weighted by molar-refractivity contribution is -0.137. The van der Waals surface area contributed by atoms with Crippen LogP contribution in [0.25, 0.3) is 22.4 Å². The molecule has 160 valence electrons. The fourth-order valence-corrected chi connectivity index (χ4v) is 3.84. The molecule has 0 N–H and O–H groups in total. The van der Waals surface area contributed by atoms with Crippen LogP contribution >= 0.6 is 0 Å². The molecule has 1 aliphatic heterocycles. The summed E-state index contributed by atoms with van der Waals surface area (Å²) in [4.78, 5) is 11.6. The predicted octanol–water partition coefficient (Wildman–Crippen LogP) is 3.32. The van der Waals surface area contributed by atoms with Gasteiger partial charge in [-0.1, -0.05) is 0 Å². The Morgan fingerprint density at radius 3 is 2.57 bits per heavy atom. The van der Waals surface area contributed by atoms with E-state index in [0.29, 0.717) is 36.0 Å². The SMILES string of the molecule is Cc1ccc2c(-c3nc(S(C)(=O)=O)ncc3C(F)(F)F)nn(C3CCCCO3)c2n1.